The molecule has 0 saturated carbocycles. The molecule has 1 aromatic carbocycles. The number of aromatic nitrogens is 2. The second kappa shape index (κ2) is 8.89. The highest BCUT2D eigenvalue weighted by Gasteiger charge is 2.33. The molecule has 10 heteroatoms. The van der Waals surface area contributed by atoms with Crippen molar-refractivity contribution in [2.45, 2.75) is 42.8 Å². The third-order valence-corrected chi connectivity index (χ3v) is 5.51. The SMILES string of the molecule is CC(Sc1nc(C(F)(F)F)cc(=O)[nH]1)C(=O)Nc1ccc(N2CCCCC2)cc1. The van der Waals surface area contributed by atoms with Crippen LogP contribution in [-0.4, -0.2) is 34.2 Å². The molecule has 1 unspecified atom stereocenters. The summed E-state index contributed by atoms with van der Waals surface area (Å²) in [5.41, 5.74) is -0.523. The summed E-state index contributed by atoms with van der Waals surface area (Å²) in [7, 11) is 0. The molecule has 1 aliphatic heterocycles. The van der Waals surface area contributed by atoms with Crippen molar-refractivity contribution in [3.8, 4) is 0 Å². The Morgan fingerprint density at radius 1 is 1.21 bits per heavy atom. The van der Waals surface area contributed by atoms with E-state index in [1.54, 1.807) is 12.1 Å². The molecule has 29 heavy (non-hydrogen) atoms. The van der Waals surface area contributed by atoms with Gasteiger partial charge in [0, 0.05) is 30.5 Å². The van der Waals surface area contributed by atoms with Gasteiger partial charge in [0.2, 0.25) is 5.91 Å². The van der Waals surface area contributed by atoms with Crippen molar-refractivity contribution in [3.63, 3.8) is 0 Å². The van der Waals surface area contributed by atoms with Crippen molar-refractivity contribution in [2.75, 3.05) is 23.3 Å². The van der Waals surface area contributed by atoms with Crippen molar-refractivity contribution in [2.24, 2.45) is 0 Å². The van der Waals surface area contributed by atoms with Gasteiger partial charge in [-0.2, -0.15) is 13.2 Å². The van der Waals surface area contributed by atoms with Gasteiger partial charge >= 0.3 is 6.18 Å². The Balaban J connectivity index is 1.62. The zero-order chi connectivity index (χ0) is 21.0. The van der Waals surface area contributed by atoms with Crippen LogP contribution in [0, 0.1) is 0 Å². The largest absolute Gasteiger partial charge is 0.433 e. The smallest absolute Gasteiger partial charge is 0.372 e. The first kappa shape index (κ1) is 21.2. The predicted octanol–water partition coefficient (Wildman–Crippen LogP) is 3.90. The maximum Gasteiger partial charge on any atom is 0.433 e. The first-order chi connectivity index (χ1) is 13.7. The number of benzene rings is 1. The molecular weight excluding hydrogens is 405 g/mol. The minimum Gasteiger partial charge on any atom is -0.372 e. The molecule has 1 atom stereocenters. The van der Waals surface area contributed by atoms with Gasteiger partial charge in [0.1, 0.15) is 0 Å². The molecule has 1 amide bonds. The number of alkyl halides is 3. The third kappa shape index (κ3) is 5.75. The molecule has 3 rings (SSSR count). The summed E-state index contributed by atoms with van der Waals surface area (Å²) in [5, 5.41) is 1.71. The molecule has 1 aromatic heterocycles. The number of rotatable bonds is 5. The number of carbonyl (C=O) groups excluding carboxylic acids is 1. The van der Waals surface area contributed by atoms with E-state index in [1.807, 2.05) is 12.1 Å². The van der Waals surface area contributed by atoms with E-state index in [0.717, 1.165) is 30.5 Å². The lowest BCUT2D eigenvalue weighted by atomic mass is 10.1. The average molecular weight is 426 g/mol. The van der Waals surface area contributed by atoms with Crippen LogP contribution in [0.1, 0.15) is 31.9 Å². The third-order valence-electron chi connectivity index (χ3n) is 4.52. The lowest BCUT2D eigenvalue weighted by Crippen LogP contribution is -2.29. The lowest BCUT2D eigenvalue weighted by Gasteiger charge is -2.28. The van der Waals surface area contributed by atoms with Gasteiger partial charge in [-0.15, -0.1) is 0 Å². The summed E-state index contributed by atoms with van der Waals surface area (Å²) in [5.74, 6) is -0.402. The number of carbonyl (C=O) groups is 1. The summed E-state index contributed by atoms with van der Waals surface area (Å²) >= 11 is 0.754. The fourth-order valence-corrected chi connectivity index (χ4v) is 3.82. The van der Waals surface area contributed by atoms with E-state index in [4.69, 9.17) is 0 Å². The lowest BCUT2D eigenvalue weighted by molar-refractivity contribution is -0.141. The van der Waals surface area contributed by atoms with Crippen LogP contribution in [0.4, 0.5) is 24.5 Å². The van der Waals surface area contributed by atoms with Crippen LogP contribution in [0.3, 0.4) is 0 Å². The van der Waals surface area contributed by atoms with Crippen LogP contribution in [-0.2, 0) is 11.0 Å². The molecule has 2 heterocycles. The molecule has 1 fully saturated rings. The fourth-order valence-electron chi connectivity index (χ4n) is 3.01. The number of H-pyrrole nitrogens is 1. The first-order valence-electron chi connectivity index (χ1n) is 9.23. The summed E-state index contributed by atoms with van der Waals surface area (Å²) in [6, 6.07) is 7.85. The molecule has 1 saturated heterocycles. The molecule has 6 nitrogen and oxygen atoms in total. The Labute approximate surface area is 169 Å². The summed E-state index contributed by atoms with van der Waals surface area (Å²) in [6.07, 6.45) is -1.16. The Morgan fingerprint density at radius 2 is 1.86 bits per heavy atom. The van der Waals surface area contributed by atoms with Crippen molar-refractivity contribution < 1.29 is 18.0 Å². The molecule has 0 spiro atoms. The highest BCUT2D eigenvalue weighted by molar-refractivity contribution is 8.00. The normalized spacial score (nSPS) is 15.8. The Bertz CT molecular complexity index is 909. The number of anilines is 2. The van der Waals surface area contributed by atoms with Gasteiger partial charge in [0.25, 0.3) is 5.56 Å². The maximum atomic E-state index is 12.8. The van der Waals surface area contributed by atoms with Crippen LogP contribution in [0.2, 0.25) is 0 Å². The monoisotopic (exact) mass is 426 g/mol. The van der Waals surface area contributed by atoms with Gasteiger partial charge in [-0.05, 0) is 50.5 Å². The highest BCUT2D eigenvalue weighted by atomic mass is 32.2. The number of amides is 1. The minimum atomic E-state index is -4.73. The quantitative estimate of drug-likeness (QED) is 0.560. The van der Waals surface area contributed by atoms with Crippen LogP contribution >= 0.6 is 11.8 Å². The van der Waals surface area contributed by atoms with E-state index < -0.39 is 28.6 Å². The standard InChI is InChI=1S/C19H21F3N4O2S/c1-12(29-18-24-15(19(20,21)22)11-16(27)25-18)17(28)23-13-5-7-14(8-6-13)26-9-3-2-4-10-26/h5-8,11-12H,2-4,9-10H2,1H3,(H,23,28)(H,24,25,27). The number of hydrogen-bond acceptors (Lipinski definition) is 5. The van der Waals surface area contributed by atoms with E-state index in [-0.39, 0.29) is 5.16 Å². The van der Waals surface area contributed by atoms with E-state index in [2.05, 4.69) is 20.2 Å². The number of thioether (sulfide) groups is 1. The summed E-state index contributed by atoms with van der Waals surface area (Å²) in [4.78, 5) is 31.7. The van der Waals surface area contributed by atoms with Crippen LogP contribution in [0.15, 0.2) is 40.3 Å². The Morgan fingerprint density at radius 3 is 2.48 bits per heavy atom. The van der Waals surface area contributed by atoms with E-state index in [0.29, 0.717) is 11.8 Å². The van der Waals surface area contributed by atoms with Crippen LogP contribution in [0.25, 0.3) is 0 Å². The van der Waals surface area contributed by atoms with E-state index in [1.165, 1.54) is 26.2 Å². The maximum absolute atomic E-state index is 12.8. The molecule has 1 aliphatic rings. The van der Waals surface area contributed by atoms with Crippen molar-refractivity contribution in [1.82, 2.24) is 9.97 Å². The Kier molecular flexibility index (Phi) is 6.51. The topological polar surface area (TPSA) is 78.1 Å². The number of halogens is 3. The number of piperidine rings is 1. The van der Waals surface area contributed by atoms with Crippen LogP contribution < -0.4 is 15.8 Å². The minimum absolute atomic E-state index is 0.257. The van der Waals surface area contributed by atoms with Crippen molar-refractivity contribution >= 4 is 29.0 Å². The van der Waals surface area contributed by atoms with Gasteiger partial charge in [-0.25, -0.2) is 4.98 Å². The second-order valence-electron chi connectivity index (χ2n) is 6.78. The highest BCUT2D eigenvalue weighted by Crippen LogP contribution is 2.29. The number of aromatic amines is 1. The van der Waals surface area contributed by atoms with Crippen molar-refractivity contribution in [3.05, 3.63) is 46.4 Å². The first-order valence-corrected chi connectivity index (χ1v) is 10.1. The van der Waals surface area contributed by atoms with Gasteiger partial charge in [0.05, 0.1) is 5.25 Å². The number of nitrogens with one attached hydrogen (secondary N) is 2. The average Bonchev–Trinajstić information content (AvgIpc) is 2.68. The zero-order valence-corrected chi connectivity index (χ0v) is 16.6. The Hall–Kier alpha value is -2.49. The number of nitrogens with zero attached hydrogens (tertiary/aromatic N) is 2. The molecule has 156 valence electrons. The number of hydrogen-bond donors (Lipinski definition) is 2. The van der Waals surface area contributed by atoms with Gasteiger partial charge in [-0.1, -0.05) is 11.8 Å². The predicted molar refractivity (Wildman–Crippen MR) is 106 cm³/mol. The second-order valence-corrected chi connectivity index (χ2v) is 8.11. The summed E-state index contributed by atoms with van der Waals surface area (Å²) in [6.45, 7) is 3.56. The molecule has 2 aromatic rings. The molecule has 0 radical (unpaired) electrons. The van der Waals surface area contributed by atoms with E-state index >= 15 is 0 Å². The zero-order valence-electron chi connectivity index (χ0n) is 15.8. The van der Waals surface area contributed by atoms with Gasteiger partial charge in [-0.3, -0.25) is 9.59 Å². The molecule has 0 bridgehead atoms. The molecule has 0 aliphatic carbocycles. The molecular formula is C19H21F3N4O2S. The summed E-state index contributed by atoms with van der Waals surface area (Å²) < 4.78 is 38.4. The molecule has 2 N–H and O–H groups in total. The van der Waals surface area contributed by atoms with Crippen molar-refractivity contribution in [1.29, 1.82) is 0 Å². The van der Waals surface area contributed by atoms with Gasteiger partial charge in [0.15, 0.2) is 10.9 Å². The van der Waals surface area contributed by atoms with Gasteiger partial charge < -0.3 is 15.2 Å². The van der Waals surface area contributed by atoms with Crippen LogP contribution in [0.5, 0.6) is 0 Å². The van der Waals surface area contributed by atoms with E-state index in [9.17, 15) is 22.8 Å². The fraction of sp³-hybridized carbons (Fsp3) is 0.421.